The van der Waals surface area contributed by atoms with Gasteiger partial charge in [0.1, 0.15) is 5.60 Å². The maximum absolute atomic E-state index is 11.8. The number of amides is 1. The summed E-state index contributed by atoms with van der Waals surface area (Å²) in [4.78, 5) is 20.5. The lowest BCUT2D eigenvalue weighted by molar-refractivity contribution is 0.0507. The smallest absolute Gasteiger partial charge is 0.407 e. The van der Waals surface area contributed by atoms with Gasteiger partial charge in [-0.1, -0.05) is 12.8 Å². The average molecular weight is 364 g/mol. The third kappa shape index (κ3) is 6.93. The van der Waals surface area contributed by atoms with Crippen LogP contribution < -0.4 is 21.7 Å². The number of alkyl carbamates (subject to hydrolysis) is 1. The largest absolute Gasteiger partial charge is 0.444 e. The Kier molecular flexibility index (Phi) is 6.88. The van der Waals surface area contributed by atoms with E-state index < -0.39 is 11.7 Å². The minimum Gasteiger partial charge on any atom is -0.444 e. The molecule has 1 fully saturated rings. The van der Waals surface area contributed by atoms with Gasteiger partial charge < -0.3 is 26.4 Å². The highest BCUT2D eigenvalue weighted by atomic mass is 16.6. The van der Waals surface area contributed by atoms with Gasteiger partial charge in [-0.05, 0) is 47.0 Å². The predicted molar refractivity (Wildman–Crippen MR) is 104 cm³/mol. The summed E-state index contributed by atoms with van der Waals surface area (Å²) in [6, 6.07) is 0.418. The van der Waals surface area contributed by atoms with Crippen molar-refractivity contribution in [2.45, 2.75) is 77.5 Å². The molecule has 0 aliphatic heterocycles. The van der Waals surface area contributed by atoms with E-state index in [1.54, 1.807) is 6.20 Å². The molecule has 1 aromatic heterocycles. The van der Waals surface area contributed by atoms with E-state index in [1.165, 1.54) is 12.8 Å². The number of aromatic nitrogens is 2. The Labute approximate surface area is 155 Å². The number of nitrogens with two attached hydrogens (primary N) is 1. The second-order valence-electron chi connectivity index (χ2n) is 7.89. The molecule has 0 spiro atoms. The van der Waals surface area contributed by atoms with Gasteiger partial charge in [0.25, 0.3) is 0 Å². The van der Waals surface area contributed by atoms with Crippen molar-refractivity contribution in [1.29, 1.82) is 0 Å². The Bertz CT molecular complexity index is 596. The van der Waals surface area contributed by atoms with Gasteiger partial charge in [0.05, 0.1) is 11.9 Å². The number of ether oxygens (including phenoxy) is 1. The molecule has 1 unspecified atom stereocenters. The van der Waals surface area contributed by atoms with Crippen LogP contribution in [0.4, 0.5) is 22.2 Å². The third-order valence-electron chi connectivity index (χ3n) is 4.14. The predicted octanol–water partition coefficient (Wildman–Crippen LogP) is 3.13. The molecule has 1 amide bonds. The molecule has 0 bridgehead atoms. The Morgan fingerprint density at radius 3 is 2.73 bits per heavy atom. The van der Waals surface area contributed by atoms with Crippen molar-refractivity contribution >= 4 is 23.5 Å². The summed E-state index contributed by atoms with van der Waals surface area (Å²) in [6.07, 6.45) is 6.74. The Morgan fingerprint density at radius 1 is 1.38 bits per heavy atom. The van der Waals surface area contributed by atoms with Crippen LogP contribution in [-0.2, 0) is 4.74 Å². The number of rotatable bonds is 7. The molecule has 1 aliphatic rings. The van der Waals surface area contributed by atoms with Crippen LogP contribution >= 0.6 is 0 Å². The first kappa shape index (κ1) is 20.1. The standard InChI is InChI=1S/C18H32N6O2/c1-12(22-17(25)26-18(2,3)4)9-10-20-15-14(19)11-21-16(24-15)23-13-7-5-6-8-13/h11-13H,5-10,19H2,1-4H3,(H,22,25)(H2,20,21,23,24). The zero-order valence-corrected chi connectivity index (χ0v) is 16.3. The molecule has 26 heavy (non-hydrogen) atoms. The minimum absolute atomic E-state index is 0.0310. The van der Waals surface area contributed by atoms with E-state index in [2.05, 4.69) is 25.9 Å². The monoisotopic (exact) mass is 364 g/mol. The average Bonchev–Trinajstić information content (AvgIpc) is 3.01. The summed E-state index contributed by atoms with van der Waals surface area (Å²) >= 11 is 0. The van der Waals surface area contributed by atoms with Crippen LogP contribution in [0.1, 0.15) is 59.8 Å². The lowest BCUT2D eigenvalue weighted by atomic mass is 10.2. The highest BCUT2D eigenvalue weighted by Gasteiger charge is 2.18. The van der Waals surface area contributed by atoms with Crippen LogP contribution in [0.15, 0.2) is 6.20 Å². The number of carbonyl (C=O) groups is 1. The van der Waals surface area contributed by atoms with Crippen molar-refractivity contribution in [2.24, 2.45) is 0 Å². The minimum atomic E-state index is -0.500. The van der Waals surface area contributed by atoms with Crippen molar-refractivity contribution in [1.82, 2.24) is 15.3 Å². The highest BCUT2D eigenvalue weighted by Crippen LogP contribution is 2.22. The zero-order valence-electron chi connectivity index (χ0n) is 16.3. The molecular weight excluding hydrogens is 332 g/mol. The number of nitrogen functional groups attached to an aromatic ring is 1. The molecule has 2 rings (SSSR count). The molecule has 0 radical (unpaired) electrons. The van der Waals surface area contributed by atoms with Crippen molar-refractivity contribution in [2.75, 3.05) is 22.9 Å². The van der Waals surface area contributed by atoms with Gasteiger partial charge in [0.2, 0.25) is 5.95 Å². The van der Waals surface area contributed by atoms with Crippen LogP contribution in [0.25, 0.3) is 0 Å². The van der Waals surface area contributed by atoms with Crippen molar-refractivity contribution in [3.63, 3.8) is 0 Å². The molecule has 1 heterocycles. The second kappa shape index (κ2) is 8.91. The molecule has 5 N–H and O–H groups in total. The first-order valence-electron chi connectivity index (χ1n) is 9.35. The van der Waals surface area contributed by atoms with E-state index >= 15 is 0 Å². The van der Waals surface area contributed by atoms with Gasteiger partial charge in [-0.15, -0.1) is 0 Å². The third-order valence-corrected chi connectivity index (χ3v) is 4.14. The Balaban J connectivity index is 1.78. The molecule has 146 valence electrons. The number of hydrogen-bond acceptors (Lipinski definition) is 7. The van der Waals surface area contributed by atoms with E-state index in [1.807, 2.05) is 27.7 Å². The molecular formula is C18H32N6O2. The van der Waals surface area contributed by atoms with Crippen LogP contribution in [0.3, 0.4) is 0 Å². The van der Waals surface area contributed by atoms with Crippen LogP contribution in [0, 0.1) is 0 Å². The molecule has 8 nitrogen and oxygen atoms in total. The maximum Gasteiger partial charge on any atom is 0.407 e. The molecule has 1 aromatic rings. The number of hydrogen-bond donors (Lipinski definition) is 4. The fourth-order valence-electron chi connectivity index (χ4n) is 2.84. The first-order valence-corrected chi connectivity index (χ1v) is 9.35. The fraction of sp³-hybridized carbons (Fsp3) is 0.722. The number of nitrogens with zero attached hydrogens (tertiary/aromatic N) is 2. The normalized spacial score (nSPS) is 16.2. The van der Waals surface area contributed by atoms with E-state index in [9.17, 15) is 4.79 Å². The zero-order chi connectivity index (χ0) is 19.2. The van der Waals surface area contributed by atoms with Crippen LogP contribution in [0.5, 0.6) is 0 Å². The van der Waals surface area contributed by atoms with Crippen molar-refractivity contribution < 1.29 is 9.53 Å². The van der Waals surface area contributed by atoms with Crippen LogP contribution in [-0.4, -0.2) is 40.3 Å². The van der Waals surface area contributed by atoms with E-state index in [0.29, 0.717) is 36.5 Å². The van der Waals surface area contributed by atoms with Gasteiger partial charge >= 0.3 is 6.09 Å². The lowest BCUT2D eigenvalue weighted by Gasteiger charge is -2.22. The SMILES string of the molecule is CC(CCNc1nc(NC2CCCC2)ncc1N)NC(=O)OC(C)(C)C. The van der Waals surface area contributed by atoms with Gasteiger partial charge in [-0.2, -0.15) is 4.98 Å². The van der Waals surface area contributed by atoms with Gasteiger partial charge in [-0.3, -0.25) is 0 Å². The van der Waals surface area contributed by atoms with Crippen molar-refractivity contribution in [3.8, 4) is 0 Å². The molecule has 0 aromatic carbocycles. The number of nitrogens with one attached hydrogen (secondary N) is 3. The quantitative estimate of drug-likeness (QED) is 0.587. The summed E-state index contributed by atoms with van der Waals surface area (Å²) in [5.74, 6) is 1.22. The molecule has 1 aliphatic carbocycles. The van der Waals surface area contributed by atoms with E-state index in [4.69, 9.17) is 10.5 Å². The van der Waals surface area contributed by atoms with Crippen molar-refractivity contribution in [3.05, 3.63) is 6.20 Å². The molecule has 0 saturated heterocycles. The maximum atomic E-state index is 11.8. The summed E-state index contributed by atoms with van der Waals surface area (Å²) in [5.41, 5.74) is 5.97. The Hall–Kier alpha value is -2.25. The summed E-state index contributed by atoms with van der Waals surface area (Å²) in [6.45, 7) is 8.08. The summed E-state index contributed by atoms with van der Waals surface area (Å²) in [7, 11) is 0. The lowest BCUT2D eigenvalue weighted by Crippen LogP contribution is -2.38. The van der Waals surface area contributed by atoms with Gasteiger partial charge in [-0.25, -0.2) is 9.78 Å². The number of anilines is 3. The molecule has 1 saturated carbocycles. The summed E-state index contributed by atoms with van der Waals surface area (Å²) < 4.78 is 5.25. The summed E-state index contributed by atoms with van der Waals surface area (Å²) in [5, 5.41) is 9.41. The van der Waals surface area contributed by atoms with Crippen LogP contribution in [0.2, 0.25) is 0 Å². The van der Waals surface area contributed by atoms with Gasteiger partial charge in [0, 0.05) is 18.6 Å². The highest BCUT2D eigenvalue weighted by molar-refractivity contribution is 5.68. The second-order valence-corrected chi connectivity index (χ2v) is 7.89. The van der Waals surface area contributed by atoms with E-state index in [0.717, 1.165) is 12.8 Å². The molecule has 1 atom stereocenters. The number of carbonyl (C=O) groups excluding carboxylic acids is 1. The Morgan fingerprint density at radius 2 is 2.08 bits per heavy atom. The first-order chi connectivity index (χ1) is 12.2. The molecule has 8 heteroatoms. The van der Waals surface area contributed by atoms with Gasteiger partial charge in [0.15, 0.2) is 5.82 Å². The topological polar surface area (TPSA) is 114 Å². The fourth-order valence-corrected chi connectivity index (χ4v) is 2.84. The van der Waals surface area contributed by atoms with E-state index in [-0.39, 0.29) is 6.04 Å².